The van der Waals surface area contributed by atoms with E-state index in [4.69, 9.17) is 6.58 Å². The van der Waals surface area contributed by atoms with Crippen molar-refractivity contribution in [1.82, 2.24) is 4.98 Å². The fourth-order valence-electron chi connectivity index (χ4n) is 0.609. The minimum absolute atomic E-state index is 0. The SMILES string of the molecule is [CH-]=Cc1[c-]c(C)ncc1.[CH3-].[Y+3]. The van der Waals surface area contributed by atoms with Crippen molar-refractivity contribution in [2.75, 3.05) is 0 Å². The third-order valence-electron chi connectivity index (χ3n) is 1.03. The van der Waals surface area contributed by atoms with Crippen molar-refractivity contribution < 1.29 is 32.7 Å². The van der Waals surface area contributed by atoms with Crippen molar-refractivity contribution in [1.29, 1.82) is 0 Å². The van der Waals surface area contributed by atoms with Crippen LogP contribution < -0.4 is 0 Å². The molecule has 1 aromatic rings. The maximum atomic E-state index is 5.23. The van der Waals surface area contributed by atoms with Gasteiger partial charge in [-0.3, -0.25) is 11.1 Å². The second kappa shape index (κ2) is 6.69. The van der Waals surface area contributed by atoms with Crippen LogP contribution in [0.15, 0.2) is 12.3 Å². The predicted molar refractivity (Wildman–Crippen MR) is 43.0 cm³/mol. The Balaban J connectivity index is 0. The second-order valence-corrected chi connectivity index (χ2v) is 1.78. The molecule has 0 aliphatic rings. The van der Waals surface area contributed by atoms with Crippen LogP contribution in [0.4, 0.5) is 0 Å². The van der Waals surface area contributed by atoms with E-state index in [0.29, 0.717) is 0 Å². The minimum Gasteiger partial charge on any atom is -0.361 e. The zero-order chi connectivity index (χ0) is 6.69. The number of rotatable bonds is 1. The molecule has 1 rings (SSSR count). The molecule has 1 aromatic heterocycles. The predicted octanol–water partition coefficient (Wildman–Crippen LogP) is 2.08. The summed E-state index contributed by atoms with van der Waals surface area (Å²) in [5.41, 5.74) is 1.76. The van der Waals surface area contributed by atoms with Crippen LogP contribution in [0.3, 0.4) is 0 Å². The summed E-state index contributed by atoms with van der Waals surface area (Å²) in [4.78, 5) is 3.96. The Morgan fingerprint density at radius 1 is 1.64 bits per heavy atom. The van der Waals surface area contributed by atoms with Crippen LogP contribution in [0, 0.1) is 27.0 Å². The zero-order valence-electron chi connectivity index (χ0n) is 6.83. The van der Waals surface area contributed by atoms with E-state index in [2.05, 4.69) is 11.1 Å². The Kier molecular flexibility index (Phi) is 8.25. The summed E-state index contributed by atoms with van der Waals surface area (Å²) in [6.45, 7) is 7.12. The molecule has 0 aliphatic heterocycles. The third kappa shape index (κ3) is 4.44. The number of pyridine rings is 1. The van der Waals surface area contributed by atoms with Crippen LogP contribution >= 0.6 is 0 Å². The van der Waals surface area contributed by atoms with E-state index in [1.807, 2.05) is 13.0 Å². The van der Waals surface area contributed by atoms with E-state index in [-0.39, 0.29) is 40.1 Å². The first-order valence-corrected chi connectivity index (χ1v) is 2.73. The molecule has 1 nitrogen and oxygen atoms in total. The molecule has 11 heavy (non-hydrogen) atoms. The molecule has 0 atom stereocenters. The maximum Gasteiger partial charge on any atom is 3.00 e. The van der Waals surface area contributed by atoms with Gasteiger partial charge in [0.15, 0.2) is 0 Å². The average molecular weight is 221 g/mol. The molecule has 2 heteroatoms. The van der Waals surface area contributed by atoms with Crippen molar-refractivity contribution in [3.05, 3.63) is 43.6 Å². The fourth-order valence-corrected chi connectivity index (χ4v) is 0.609. The number of aryl methyl sites for hydroxylation is 1. The quantitative estimate of drug-likeness (QED) is 0.661. The van der Waals surface area contributed by atoms with Crippen LogP contribution in [0.1, 0.15) is 11.3 Å². The third-order valence-corrected chi connectivity index (χ3v) is 1.03. The first-order chi connectivity index (χ1) is 4.33. The summed E-state index contributed by atoms with van der Waals surface area (Å²) in [6.07, 6.45) is 3.22. The number of nitrogens with zero attached hydrogens (tertiary/aromatic N) is 1. The van der Waals surface area contributed by atoms with Crippen molar-refractivity contribution in [2.45, 2.75) is 6.92 Å². The Hall–Kier alpha value is -0.00610. The first kappa shape index (κ1) is 13.6. The molecular formula is C9H10NY. The molecule has 0 aromatic carbocycles. The minimum atomic E-state index is 0. The van der Waals surface area contributed by atoms with E-state index in [1.165, 1.54) is 6.08 Å². The summed E-state index contributed by atoms with van der Waals surface area (Å²) in [6, 6.07) is 4.78. The molecule has 0 saturated carbocycles. The smallest absolute Gasteiger partial charge is 0.361 e. The molecule has 0 aliphatic carbocycles. The average Bonchev–Trinajstić information content (AvgIpc) is 1.88. The van der Waals surface area contributed by atoms with E-state index in [0.717, 1.165) is 11.3 Å². The fraction of sp³-hybridized carbons (Fsp3) is 0.111. The van der Waals surface area contributed by atoms with Crippen LogP contribution in [0.25, 0.3) is 6.08 Å². The summed E-state index contributed by atoms with van der Waals surface area (Å²) in [5.74, 6) is 0. The summed E-state index contributed by atoms with van der Waals surface area (Å²) in [5, 5.41) is 0. The monoisotopic (exact) mass is 221 g/mol. The van der Waals surface area contributed by atoms with Crippen molar-refractivity contribution in [2.24, 2.45) is 0 Å². The normalized spacial score (nSPS) is 7.36. The van der Waals surface area contributed by atoms with Crippen LogP contribution in [0.2, 0.25) is 0 Å². The summed E-state index contributed by atoms with van der Waals surface area (Å²) < 4.78 is 0. The summed E-state index contributed by atoms with van der Waals surface area (Å²) in [7, 11) is 0. The summed E-state index contributed by atoms with van der Waals surface area (Å²) >= 11 is 0. The van der Waals surface area contributed by atoms with Gasteiger partial charge in [0.2, 0.25) is 0 Å². The molecule has 0 N–H and O–H groups in total. The van der Waals surface area contributed by atoms with E-state index in [1.54, 1.807) is 6.20 Å². The van der Waals surface area contributed by atoms with Crippen molar-refractivity contribution in [3.8, 4) is 0 Å². The van der Waals surface area contributed by atoms with Gasteiger partial charge >= 0.3 is 32.7 Å². The number of hydrogen-bond acceptors (Lipinski definition) is 1. The van der Waals surface area contributed by atoms with Gasteiger partial charge in [0.1, 0.15) is 0 Å². The Morgan fingerprint density at radius 2 is 2.27 bits per heavy atom. The van der Waals surface area contributed by atoms with E-state index < -0.39 is 0 Å². The molecule has 0 saturated heterocycles. The van der Waals surface area contributed by atoms with Gasteiger partial charge in [-0.2, -0.15) is 0 Å². The molecule has 0 amide bonds. The van der Waals surface area contributed by atoms with Gasteiger partial charge in [0.25, 0.3) is 0 Å². The van der Waals surface area contributed by atoms with Gasteiger partial charge in [-0.15, -0.1) is 0 Å². The van der Waals surface area contributed by atoms with E-state index >= 15 is 0 Å². The van der Waals surface area contributed by atoms with Gasteiger partial charge in [-0.25, -0.2) is 6.07 Å². The molecule has 0 spiro atoms. The topological polar surface area (TPSA) is 12.9 Å². The largest absolute Gasteiger partial charge is 3.00 e. The molecule has 0 bridgehead atoms. The molecule has 1 heterocycles. The van der Waals surface area contributed by atoms with Crippen LogP contribution in [0.5, 0.6) is 0 Å². The van der Waals surface area contributed by atoms with Crippen LogP contribution in [-0.2, 0) is 32.7 Å². The van der Waals surface area contributed by atoms with Crippen LogP contribution in [-0.4, -0.2) is 4.98 Å². The van der Waals surface area contributed by atoms with Crippen molar-refractivity contribution >= 4 is 6.08 Å². The van der Waals surface area contributed by atoms with E-state index in [9.17, 15) is 0 Å². The van der Waals surface area contributed by atoms with Gasteiger partial charge in [0.05, 0.1) is 0 Å². The van der Waals surface area contributed by atoms with Gasteiger partial charge < -0.3 is 25.6 Å². The molecule has 54 valence electrons. The molecule has 0 fully saturated rings. The standard InChI is InChI=1S/C8H7N.CH3.Y/c1-3-8-4-5-9-7(2)6-8;;/h1,3-5H,2H3;1H3;/q-2;-1;+3. The zero-order valence-corrected chi connectivity index (χ0v) is 9.67. The Morgan fingerprint density at radius 3 is 2.64 bits per heavy atom. The van der Waals surface area contributed by atoms with Gasteiger partial charge in [-0.1, -0.05) is 0 Å². The Labute approximate surface area is 93.8 Å². The maximum absolute atomic E-state index is 5.23. The van der Waals surface area contributed by atoms with Gasteiger partial charge in [0, 0.05) is 0 Å². The van der Waals surface area contributed by atoms with Crippen molar-refractivity contribution in [3.63, 3.8) is 0 Å². The first-order valence-electron chi connectivity index (χ1n) is 2.73. The van der Waals surface area contributed by atoms with Gasteiger partial charge in [-0.05, 0) is 18.8 Å². The molecule has 0 unspecified atom stereocenters. The molecule has 0 radical (unpaired) electrons. The number of aromatic nitrogens is 1. The molecular weight excluding hydrogens is 211 g/mol. The Bertz CT molecular complexity index is 221. The second-order valence-electron chi connectivity index (χ2n) is 1.78. The number of hydrogen-bond donors (Lipinski definition) is 0.